The zero-order valence-electron chi connectivity index (χ0n) is 7.87. The van der Waals surface area contributed by atoms with Gasteiger partial charge in [-0.3, -0.25) is 0 Å². The highest BCUT2D eigenvalue weighted by Gasteiger charge is 2.62. The van der Waals surface area contributed by atoms with Crippen LogP contribution in [0.1, 0.15) is 0 Å². The molecule has 2 nitrogen and oxygen atoms in total. The summed E-state index contributed by atoms with van der Waals surface area (Å²) in [5, 5.41) is -9.86. The van der Waals surface area contributed by atoms with Crippen LogP contribution >= 0.6 is 11.8 Å². The van der Waals surface area contributed by atoms with Crippen molar-refractivity contribution in [1.82, 2.24) is 0 Å². The van der Waals surface area contributed by atoms with Crippen molar-refractivity contribution in [3.05, 3.63) is 30.1 Å². The number of benzene rings is 1. The van der Waals surface area contributed by atoms with Crippen molar-refractivity contribution in [2.24, 2.45) is 0 Å². The van der Waals surface area contributed by atoms with Gasteiger partial charge in [-0.15, -0.1) is 0 Å². The van der Waals surface area contributed by atoms with Crippen LogP contribution in [0.5, 0.6) is 0 Å². The van der Waals surface area contributed by atoms with Crippen LogP contribution in [0.15, 0.2) is 29.2 Å². The highest BCUT2D eigenvalue weighted by atomic mass is 32.2. The predicted octanol–water partition coefficient (Wildman–Crippen LogP) is 3.33. The molecular weight excluding hydrogens is 287 g/mol. The van der Waals surface area contributed by atoms with Gasteiger partial charge in [0.15, 0.2) is 0 Å². The van der Waals surface area contributed by atoms with E-state index in [1.54, 1.807) is 0 Å². The van der Waals surface area contributed by atoms with Gasteiger partial charge in [0.2, 0.25) is 11.1 Å². The molecule has 0 aromatic heterocycles. The Labute approximate surface area is 99.5 Å². The summed E-state index contributed by atoms with van der Waals surface area (Å²) < 4.78 is 82.1. The van der Waals surface area contributed by atoms with E-state index in [1.165, 1.54) is 0 Å². The van der Waals surface area contributed by atoms with Crippen molar-refractivity contribution >= 4 is 22.8 Å². The summed E-state index contributed by atoms with van der Waals surface area (Å²) in [6.07, 6.45) is 0. The molecule has 1 aromatic carbocycles. The Morgan fingerprint density at radius 3 is 2.00 bits per heavy atom. The molecule has 0 saturated carbocycles. The Hall–Kier alpha value is -0.670. The van der Waals surface area contributed by atoms with Crippen molar-refractivity contribution in [3.63, 3.8) is 0 Å². The van der Waals surface area contributed by atoms with E-state index in [0.29, 0.717) is 0 Å². The van der Waals surface area contributed by atoms with Crippen LogP contribution in [0.25, 0.3) is 0 Å². The van der Waals surface area contributed by atoms with E-state index in [9.17, 15) is 26.2 Å². The molecule has 96 valence electrons. The second-order valence-electron chi connectivity index (χ2n) is 2.84. The largest absolute Gasteiger partial charge is 0.416 e. The number of halogens is 5. The minimum Gasteiger partial charge on any atom is -0.301 e. The Morgan fingerprint density at radius 2 is 1.59 bits per heavy atom. The molecule has 0 heterocycles. The molecular formula is C8H5F5O2S2. The van der Waals surface area contributed by atoms with Crippen LogP contribution in [0.4, 0.5) is 22.0 Å². The molecule has 1 rings (SSSR count). The number of hydrogen-bond acceptors (Lipinski definition) is 2. The maximum absolute atomic E-state index is 13.0. The first-order chi connectivity index (χ1) is 7.67. The van der Waals surface area contributed by atoms with Gasteiger partial charge >= 0.3 is 10.5 Å². The number of thioether (sulfide) groups is 1. The molecule has 0 radical (unpaired) electrons. The standard InChI is InChI=1S/C8H5F5O2S2/c9-5-1-3-6(4-2-5)16-7(10,11)8(12,13)17(14)15/h1-4H,(H,14,15). The van der Waals surface area contributed by atoms with E-state index in [1.807, 2.05) is 0 Å². The third-order valence-corrected chi connectivity index (χ3v) is 3.46. The Balaban J connectivity index is 2.93. The van der Waals surface area contributed by atoms with Gasteiger partial charge in [-0.1, -0.05) is 0 Å². The van der Waals surface area contributed by atoms with Crippen LogP contribution < -0.4 is 0 Å². The molecule has 0 aliphatic rings. The van der Waals surface area contributed by atoms with Gasteiger partial charge in [0, 0.05) is 4.90 Å². The molecule has 1 atom stereocenters. The molecule has 0 aliphatic carbocycles. The average Bonchev–Trinajstić information content (AvgIpc) is 2.20. The van der Waals surface area contributed by atoms with E-state index in [4.69, 9.17) is 4.55 Å². The molecule has 0 bridgehead atoms. The van der Waals surface area contributed by atoms with Crippen molar-refractivity contribution in [2.75, 3.05) is 0 Å². The molecule has 9 heteroatoms. The summed E-state index contributed by atoms with van der Waals surface area (Å²) in [7, 11) is 0. The van der Waals surface area contributed by atoms with E-state index < -0.39 is 39.2 Å². The van der Waals surface area contributed by atoms with Gasteiger partial charge in [0.1, 0.15) is 5.82 Å². The lowest BCUT2D eigenvalue weighted by molar-refractivity contribution is -0.0907. The summed E-state index contributed by atoms with van der Waals surface area (Å²) in [6, 6.07) is 3.35. The minimum atomic E-state index is -5.09. The fourth-order valence-electron chi connectivity index (χ4n) is 0.812. The van der Waals surface area contributed by atoms with Crippen LogP contribution in [0, 0.1) is 5.82 Å². The lowest BCUT2D eigenvalue weighted by Gasteiger charge is -2.22. The Kier molecular flexibility index (Phi) is 4.15. The number of alkyl halides is 4. The zero-order chi connectivity index (χ0) is 13.3. The Bertz CT molecular complexity index is 420. The SMILES string of the molecule is O=S(O)C(F)(F)C(F)(F)Sc1ccc(F)cc1. The smallest absolute Gasteiger partial charge is 0.301 e. The van der Waals surface area contributed by atoms with Crippen molar-refractivity contribution in [3.8, 4) is 0 Å². The van der Waals surface area contributed by atoms with Gasteiger partial charge in [-0.25, -0.2) is 8.60 Å². The summed E-state index contributed by atoms with van der Waals surface area (Å²) in [5.41, 5.74) is 0. The molecule has 1 N–H and O–H groups in total. The normalized spacial score (nSPS) is 14.7. The fraction of sp³-hybridized carbons (Fsp3) is 0.250. The third-order valence-electron chi connectivity index (χ3n) is 1.62. The second kappa shape index (κ2) is 4.91. The van der Waals surface area contributed by atoms with Gasteiger partial charge in [0.05, 0.1) is 0 Å². The lowest BCUT2D eigenvalue weighted by Crippen LogP contribution is -2.41. The average molecular weight is 292 g/mol. The maximum atomic E-state index is 13.0. The van der Waals surface area contributed by atoms with E-state index in [-0.39, 0.29) is 4.90 Å². The van der Waals surface area contributed by atoms with Crippen LogP contribution in [-0.4, -0.2) is 19.3 Å². The molecule has 1 unspecified atom stereocenters. The first kappa shape index (κ1) is 14.4. The second-order valence-corrected chi connectivity index (χ2v) is 5.04. The molecule has 0 amide bonds. The molecule has 1 aromatic rings. The maximum Gasteiger partial charge on any atom is 0.416 e. The highest BCUT2D eigenvalue weighted by Crippen LogP contribution is 2.47. The quantitative estimate of drug-likeness (QED) is 0.525. The number of rotatable bonds is 4. The summed E-state index contributed by atoms with van der Waals surface area (Å²) in [4.78, 5) is -0.346. The molecule has 17 heavy (non-hydrogen) atoms. The van der Waals surface area contributed by atoms with Crippen molar-refractivity contribution in [1.29, 1.82) is 0 Å². The van der Waals surface area contributed by atoms with Crippen LogP contribution in [-0.2, 0) is 11.1 Å². The van der Waals surface area contributed by atoms with Gasteiger partial charge < -0.3 is 4.55 Å². The molecule has 0 saturated heterocycles. The summed E-state index contributed by atoms with van der Waals surface area (Å²) in [5.74, 6) is -0.713. The highest BCUT2D eigenvalue weighted by molar-refractivity contribution is 8.01. The summed E-state index contributed by atoms with van der Waals surface area (Å²) in [6.45, 7) is 0. The predicted molar refractivity (Wildman–Crippen MR) is 52.9 cm³/mol. The van der Waals surface area contributed by atoms with Crippen molar-refractivity contribution in [2.45, 2.75) is 15.4 Å². The molecule has 0 fully saturated rings. The zero-order valence-corrected chi connectivity index (χ0v) is 9.50. The minimum absolute atomic E-state index is 0.346. The molecule has 0 spiro atoms. The fourth-order valence-corrected chi connectivity index (χ4v) is 2.04. The van der Waals surface area contributed by atoms with Gasteiger partial charge in [-0.05, 0) is 36.0 Å². The van der Waals surface area contributed by atoms with Gasteiger partial charge in [0.25, 0.3) is 0 Å². The first-order valence-corrected chi connectivity index (χ1v) is 5.90. The van der Waals surface area contributed by atoms with E-state index >= 15 is 0 Å². The summed E-state index contributed by atoms with van der Waals surface area (Å²) >= 11 is -4.61. The van der Waals surface area contributed by atoms with E-state index in [0.717, 1.165) is 24.3 Å². The first-order valence-electron chi connectivity index (χ1n) is 3.98. The monoisotopic (exact) mass is 292 g/mol. The van der Waals surface area contributed by atoms with E-state index in [2.05, 4.69) is 0 Å². The van der Waals surface area contributed by atoms with Gasteiger partial charge in [-0.2, -0.15) is 17.6 Å². The van der Waals surface area contributed by atoms with Crippen LogP contribution in [0.3, 0.4) is 0 Å². The topological polar surface area (TPSA) is 37.3 Å². The lowest BCUT2D eigenvalue weighted by atomic mass is 10.4. The third kappa shape index (κ3) is 3.17. The number of hydrogen-bond donors (Lipinski definition) is 1. The van der Waals surface area contributed by atoms with Crippen LogP contribution in [0.2, 0.25) is 0 Å². The molecule has 0 aliphatic heterocycles. The Morgan fingerprint density at radius 1 is 1.12 bits per heavy atom. The van der Waals surface area contributed by atoms with Crippen molar-refractivity contribution < 1.29 is 30.7 Å².